The van der Waals surface area contributed by atoms with Crippen molar-refractivity contribution in [2.75, 3.05) is 0 Å². The van der Waals surface area contributed by atoms with E-state index in [1.807, 2.05) is 51.7 Å². The fraction of sp³-hybridized carbons (Fsp3) is 0.500. The van der Waals surface area contributed by atoms with Gasteiger partial charge in [-0.3, -0.25) is 18.9 Å². The van der Waals surface area contributed by atoms with E-state index in [0.29, 0.717) is 18.3 Å². The van der Waals surface area contributed by atoms with E-state index >= 15 is 0 Å². The maximum Gasteiger partial charge on any atom is 0.328 e. The van der Waals surface area contributed by atoms with Gasteiger partial charge >= 0.3 is 5.69 Å². The van der Waals surface area contributed by atoms with Crippen LogP contribution >= 0.6 is 0 Å². The molecule has 0 spiro atoms. The van der Waals surface area contributed by atoms with Gasteiger partial charge in [0.15, 0.2) is 0 Å². The van der Waals surface area contributed by atoms with Gasteiger partial charge in [-0.25, -0.2) is 4.79 Å². The van der Waals surface area contributed by atoms with Gasteiger partial charge in [-0.05, 0) is 61.3 Å². The number of Topliss-reactive ketones (excluding diaryl/α,β-unsaturated/α-hetero) is 1. The van der Waals surface area contributed by atoms with Crippen molar-refractivity contribution in [3.05, 3.63) is 70.7 Å². The summed E-state index contributed by atoms with van der Waals surface area (Å²) in [5.74, 6) is 1.26. The maximum atomic E-state index is 14.1. The van der Waals surface area contributed by atoms with Crippen molar-refractivity contribution in [2.24, 2.45) is 17.8 Å². The number of H-pyrrole nitrogens is 1. The van der Waals surface area contributed by atoms with Gasteiger partial charge in [0.2, 0.25) is 5.82 Å². The SMILES string of the molecule is CCCCc1cn(C2C(C(C)=O)CCCCC2C(C)C)c(=O)n1Cc1ccc(-c2ccccc2-c2nn[nH]n2)cn1. The second-order valence-electron chi connectivity index (χ2n) is 11.7. The molecule has 9 heteroatoms. The lowest BCUT2D eigenvalue weighted by atomic mass is 9.78. The monoisotopic (exact) mass is 555 g/mol. The van der Waals surface area contributed by atoms with Crippen molar-refractivity contribution in [3.63, 3.8) is 0 Å². The summed E-state index contributed by atoms with van der Waals surface area (Å²) in [4.78, 5) is 31.8. The molecule has 1 N–H and O–H groups in total. The molecule has 0 bridgehead atoms. The number of aromatic nitrogens is 7. The Hall–Kier alpha value is -3.88. The number of aromatic amines is 1. The van der Waals surface area contributed by atoms with Gasteiger partial charge in [-0.15, -0.1) is 10.2 Å². The number of nitrogens with one attached hydrogen (secondary N) is 1. The standard InChI is InChI=1S/C32H41N7O2/c1-5-6-11-25-20-39(30-26(21(2)3)12-7-8-13-27(30)22(4)40)32(41)38(25)19-24-17-16-23(18-33-24)28-14-9-10-15-29(28)31-34-36-37-35-31/h9-10,14-18,20-21,26-27,30H,5-8,11-13,19H2,1-4H3,(H,34,35,36,37). The van der Waals surface area contributed by atoms with Crippen LogP contribution in [0.15, 0.2) is 53.6 Å². The Balaban J connectivity index is 1.50. The molecule has 1 saturated carbocycles. The van der Waals surface area contributed by atoms with E-state index in [2.05, 4.69) is 47.6 Å². The van der Waals surface area contributed by atoms with Crippen LogP contribution in [0.4, 0.5) is 0 Å². The fourth-order valence-corrected chi connectivity index (χ4v) is 6.49. The Kier molecular flexibility index (Phi) is 8.90. The summed E-state index contributed by atoms with van der Waals surface area (Å²) in [5, 5.41) is 14.5. The molecule has 0 aliphatic heterocycles. The number of hydrogen-bond donors (Lipinski definition) is 1. The van der Waals surface area contributed by atoms with Crippen molar-refractivity contribution < 1.29 is 4.79 Å². The molecule has 0 radical (unpaired) electrons. The van der Waals surface area contributed by atoms with Crippen LogP contribution in [-0.2, 0) is 17.8 Å². The predicted molar refractivity (Wildman–Crippen MR) is 159 cm³/mol. The van der Waals surface area contributed by atoms with E-state index in [9.17, 15) is 9.59 Å². The van der Waals surface area contributed by atoms with E-state index in [0.717, 1.165) is 73.0 Å². The van der Waals surface area contributed by atoms with Crippen LogP contribution in [0.5, 0.6) is 0 Å². The number of nitrogens with zero attached hydrogens (tertiary/aromatic N) is 6. The van der Waals surface area contributed by atoms with E-state index < -0.39 is 0 Å². The van der Waals surface area contributed by atoms with E-state index in [-0.39, 0.29) is 29.4 Å². The highest BCUT2D eigenvalue weighted by molar-refractivity contribution is 5.80. The molecule has 3 unspecified atom stereocenters. The minimum atomic E-state index is -0.130. The molecule has 41 heavy (non-hydrogen) atoms. The fourth-order valence-electron chi connectivity index (χ4n) is 6.49. The van der Waals surface area contributed by atoms with E-state index in [4.69, 9.17) is 4.98 Å². The lowest BCUT2D eigenvalue weighted by Crippen LogP contribution is -2.38. The maximum absolute atomic E-state index is 14.1. The van der Waals surface area contributed by atoms with Crippen LogP contribution in [0, 0.1) is 17.8 Å². The third-order valence-corrected chi connectivity index (χ3v) is 8.70. The van der Waals surface area contributed by atoms with E-state index in [1.165, 1.54) is 0 Å². The molecule has 216 valence electrons. The first-order valence-corrected chi connectivity index (χ1v) is 15.0. The highest BCUT2D eigenvalue weighted by Gasteiger charge is 2.38. The number of unbranched alkanes of at least 4 members (excludes halogenated alkanes) is 1. The minimum Gasteiger partial charge on any atom is -0.300 e. The largest absolute Gasteiger partial charge is 0.328 e. The molecule has 3 aromatic heterocycles. The molecule has 1 aliphatic carbocycles. The van der Waals surface area contributed by atoms with Crippen molar-refractivity contribution >= 4 is 5.78 Å². The summed E-state index contributed by atoms with van der Waals surface area (Å²) in [6, 6.07) is 11.8. The Morgan fingerprint density at radius 2 is 1.88 bits per heavy atom. The van der Waals surface area contributed by atoms with Crippen LogP contribution in [-0.4, -0.2) is 40.5 Å². The number of carbonyl (C=O) groups is 1. The molecule has 5 rings (SSSR count). The first-order valence-electron chi connectivity index (χ1n) is 15.0. The van der Waals surface area contributed by atoms with Gasteiger partial charge in [0.25, 0.3) is 0 Å². The molecule has 1 aromatic carbocycles. The first kappa shape index (κ1) is 28.6. The summed E-state index contributed by atoms with van der Waals surface area (Å²) < 4.78 is 3.80. The molecule has 0 amide bonds. The van der Waals surface area contributed by atoms with Crippen LogP contribution in [0.3, 0.4) is 0 Å². The number of tetrazole rings is 1. The summed E-state index contributed by atoms with van der Waals surface area (Å²) >= 11 is 0. The van der Waals surface area contributed by atoms with Gasteiger partial charge in [0.05, 0.1) is 18.3 Å². The number of carbonyl (C=O) groups excluding carboxylic acids is 1. The van der Waals surface area contributed by atoms with Crippen LogP contribution in [0.1, 0.15) is 83.6 Å². The predicted octanol–water partition coefficient (Wildman–Crippen LogP) is 5.88. The molecule has 1 aliphatic rings. The Labute approximate surface area is 241 Å². The lowest BCUT2D eigenvalue weighted by Gasteiger charge is -2.33. The Morgan fingerprint density at radius 3 is 2.54 bits per heavy atom. The summed E-state index contributed by atoms with van der Waals surface area (Å²) in [6.07, 6.45) is 10.8. The molecule has 4 aromatic rings. The van der Waals surface area contributed by atoms with Crippen molar-refractivity contribution in [3.8, 4) is 22.5 Å². The third kappa shape index (κ3) is 6.09. The Bertz CT molecular complexity index is 1500. The number of benzene rings is 1. The topological polar surface area (TPSA) is 111 Å². The normalized spacial score (nSPS) is 19.4. The average Bonchev–Trinajstić information content (AvgIpc) is 3.54. The summed E-state index contributed by atoms with van der Waals surface area (Å²) in [7, 11) is 0. The Morgan fingerprint density at radius 1 is 1.10 bits per heavy atom. The first-order chi connectivity index (χ1) is 19.9. The van der Waals surface area contributed by atoms with Crippen LogP contribution < -0.4 is 5.69 Å². The summed E-state index contributed by atoms with van der Waals surface area (Å²) in [6.45, 7) is 8.70. The van der Waals surface area contributed by atoms with Crippen LogP contribution in [0.2, 0.25) is 0 Å². The van der Waals surface area contributed by atoms with Gasteiger partial charge < -0.3 is 0 Å². The lowest BCUT2D eigenvalue weighted by molar-refractivity contribution is -0.123. The zero-order valence-electron chi connectivity index (χ0n) is 24.6. The molecule has 3 heterocycles. The zero-order valence-corrected chi connectivity index (χ0v) is 24.6. The summed E-state index contributed by atoms with van der Waals surface area (Å²) in [5.41, 5.74) is 4.56. The molecular weight excluding hydrogens is 514 g/mol. The third-order valence-electron chi connectivity index (χ3n) is 8.70. The number of rotatable bonds is 10. The van der Waals surface area contributed by atoms with Gasteiger partial charge in [0, 0.05) is 35.1 Å². The van der Waals surface area contributed by atoms with Crippen molar-refractivity contribution in [1.29, 1.82) is 0 Å². The van der Waals surface area contributed by atoms with Gasteiger partial charge in [-0.1, -0.05) is 70.4 Å². The molecule has 9 nitrogen and oxygen atoms in total. The molecule has 0 saturated heterocycles. The van der Waals surface area contributed by atoms with Gasteiger partial charge in [-0.2, -0.15) is 5.21 Å². The second-order valence-corrected chi connectivity index (χ2v) is 11.7. The van der Waals surface area contributed by atoms with Crippen LogP contribution in [0.25, 0.3) is 22.5 Å². The highest BCUT2D eigenvalue weighted by Crippen LogP contribution is 2.41. The minimum absolute atomic E-state index is 0.0340. The number of aryl methyl sites for hydroxylation is 1. The smallest absolute Gasteiger partial charge is 0.300 e. The van der Waals surface area contributed by atoms with Crippen molar-refractivity contribution in [2.45, 2.75) is 85.2 Å². The number of pyridine rings is 1. The molecule has 3 atom stereocenters. The molecular formula is C32H41N7O2. The highest BCUT2D eigenvalue weighted by atomic mass is 16.2. The van der Waals surface area contributed by atoms with Gasteiger partial charge in [0.1, 0.15) is 5.78 Å². The average molecular weight is 556 g/mol. The zero-order chi connectivity index (χ0) is 28.9. The number of hydrogen-bond acceptors (Lipinski definition) is 6. The second kappa shape index (κ2) is 12.7. The van der Waals surface area contributed by atoms with E-state index in [1.54, 1.807) is 6.92 Å². The molecule has 1 fully saturated rings. The van der Waals surface area contributed by atoms with Crippen molar-refractivity contribution in [1.82, 2.24) is 34.7 Å². The number of ketones is 1. The quantitative estimate of drug-likeness (QED) is 0.245. The number of imidazole rings is 1.